The second-order valence-corrected chi connectivity index (χ2v) is 6.77. The molecule has 0 amide bonds. The Labute approximate surface area is 160 Å². The number of benzene rings is 3. The number of aromatic nitrogens is 2. The Balaban J connectivity index is 1.82. The summed E-state index contributed by atoms with van der Waals surface area (Å²) in [7, 11) is 0. The van der Waals surface area contributed by atoms with Crippen molar-refractivity contribution in [2.24, 2.45) is 0 Å². The highest BCUT2D eigenvalue weighted by molar-refractivity contribution is 5.86. The molecule has 1 aromatic heterocycles. The second kappa shape index (κ2) is 7.28. The first kappa shape index (κ1) is 18.5. The molecule has 0 saturated carbocycles. The number of rotatable bonds is 5. The Morgan fingerprint density at radius 3 is 2.54 bits per heavy atom. The molecule has 1 N–H and O–H groups in total. The van der Waals surface area contributed by atoms with Crippen LogP contribution in [0.1, 0.15) is 23.4 Å². The van der Waals surface area contributed by atoms with Crippen LogP contribution in [0.25, 0.3) is 21.8 Å². The number of hydrogen-bond donors (Lipinski definition) is 1. The lowest BCUT2D eigenvalue weighted by Gasteiger charge is -2.11. The maximum Gasteiger partial charge on any atom is 0.416 e. The van der Waals surface area contributed by atoms with E-state index in [2.05, 4.69) is 4.98 Å². The van der Waals surface area contributed by atoms with E-state index in [0.717, 1.165) is 28.5 Å². The largest absolute Gasteiger partial charge is 0.416 e. The van der Waals surface area contributed by atoms with E-state index in [4.69, 9.17) is 0 Å². The van der Waals surface area contributed by atoms with Gasteiger partial charge in [0, 0.05) is 19.6 Å². The number of hydrogen-bond acceptors (Lipinski definition) is 2. The molecule has 0 aliphatic heterocycles. The lowest BCUT2D eigenvalue weighted by atomic mass is 10.0. The molecule has 0 bridgehead atoms. The number of aliphatic hydroxyl groups is 1. The Hall–Kier alpha value is -2.86. The zero-order valence-electron chi connectivity index (χ0n) is 15.1. The molecule has 0 saturated heterocycles. The zero-order chi connectivity index (χ0) is 19.7. The first-order valence-electron chi connectivity index (χ1n) is 9.11. The molecular weight excluding hydrogens is 365 g/mol. The minimum Gasteiger partial charge on any atom is -0.396 e. The number of alkyl halides is 3. The fraction of sp³-hybridized carbons (Fsp3) is 0.227. The van der Waals surface area contributed by atoms with E-state index < -0.39 is 11.7 Å². The normalized spacial score (nSPS) is 12.1. The quantitative estimate of drug-likeness (QED) is 0.515. The molecule has 0 atom stereocenters. The van der Waals surface area contributed by atoms with Crippen molar-refractivity contribution >= 4 is 21.8 Å². The summed E-state index contributed by atoms with van der Waals surface area (Å²) in [5.41, 5.74) is 1.33. The van der Waals surface area contributed by atoms with Crippen molar-refractivity contribution < 1.29 is 18.3 Å². The van der Waals surface area contributed by atoms with E-state index in [1.807, 2.05) is 47.0 Å². The van der Waals surface area contributed by atoms with Crippen LogP contribution in [0.4, 0.5) is 13.2 Å². The van der Waals surface area contributed by atoms with Crippen LogP contribution in [0, 0.1) is 0 Å². The Morgan fingerprint density at radius 1 is 0.964 bits per heavy atom. The molecule has 6 heteroatoms. The summed E-state index contributed by atoms with van der Waals surface area (Å²) in [4.78, 5) is 4.52. The molecule has 4 aromatic rings. The van der Waals surface area contributed by atoms with Crippen LogP contribution in [-0.4, -0.2) is 21.3 Å². The Morgan fingerprint density at radius 2 is 1.75 bits per heavy atom. The molecule has 28 heavy (non-hydrogen) atoms. The molecule has 0 fully saturated rings. The number of nitrogens with zero attached hydrogens (tertiary/aromatic N) is 2. The Bertz CT molecular complexity index is 1130. The summed E-state index contributed by atoms with van der Waals surface area (Å²) in [5.74, 6) is 0.694. The van der Waals surface area contributed by atoms with E-state index >= 15 is 0 Å². The average Bonchev–Trinajstić information content (AvgIpc) is 3.02. The number of halogens is 3. The highest BCUT2D eigenvalue weighted by atomic mass is 19.4. The van der Waals surface area contributed by atoms with Crippen LogP contribution in [0.3, 0.4) is 0 Å². The van der Waals surface area contributed by atoms with Crippen molar-refractivity contribution in [1.82, 2.24) is 9.55 Å². The summed E-state index contributed by atoms with van der Waals surface area (Å²) in [6, 6.07) is 17.7. The average molecular weight is 384 g/mol. The van der Waals surface area contributed by atoms with Gasteiger partial charge in [0.05, 0.1) is 16.6 Å². The van der Waals surface area contributed by atoms with Crippen molar-refractivity contribution in [3.63, 3.8) is 0 Å². The molecule has 3 aromatic carbocycles. The fourth-order valence-corrected chi connectivity index (χ4v) is 3.59. The minimum absolute atomic E-state index is 0.00795. The monoisotopic (exact) mass is 384 g/mol. The third-order valence-corrected chi connectivity index (χ3v) is 4.92. The molecule has 1 heterocycles. The van der Waals surface area contributed by atoms with Crippen LogP contribution in [0.5, 0.6) is 0 Å². The highest BCUT2D eigenvalue weighted by Gasteiger charge is 2.31. The predicted molar refractivity (Wildman–Crippen MR) is 103 cm³/mol. The number of fused-ring (bicyclic) bond motifs is 2. The topological polar surface area (TPSA) is 38.0 Å². The van der Waals surface area contributed by atoms with Gasteiger partial charge in [-0.15, -0.1) is 0 Å². The summed E-state index contributed by atoms with van der Waals surface area (Å²) in [5, 5.41) is 11.4. The lowest BCUT2D eigenvalue weighted by molar-refractivity contribution is -0.137. The summed E-state index contributed by atoms with van der Waals surface area (Å²) < 4.78 is 41.1. The highest BCUT2D eigenvalue weighted by Crippen LogP contribution is 2.32. The molecule has 4 rings (SSSR count). The van der Waals surface area contributed by atoms with Crippen LogP contribution >= 0.6 is 0 Å². The van der Waals surface area contributed by atoms with E-state index in [-0.39, 0.29) is 6.61 Å². The van der Waals surface area contributed by atoms with Crippen LogP contribution in [0.15, 0.2) is 60.7 Å². The van der Waals surface area contributed by atoms with Crippen molar-refractivity contribution in [2.75, 3.05) is 6.61 Å². The minimum atomic E-state index is -4.40. The van der Waals surface area contributed by atoms with Crippen molar-refractivity contribution in [3.8, 4) is 0 Å². The van der Waals surface area contributed by atoms with E-state index in [9.17, 15) is 18.3 Å². The fourth-order valence-electron chi connectivity index (χ4n) is 3.59. The maximum atomic E-state index is 13.1. The number of aryl methyl sites for hydroxylation is 1. The van der Waals surface area contributed by atoms with Gasteiger partial charge in [-0.3, -0.25) is 0 Å². The van der Waals surface area contributed by atoms with Gasteiger partial charge in [0.2, 0.25) is 0 Å². The SMILES string of the molecule is OCCCn1c(Cc2cccc3ccccc23)nc2cc(C(F)(F)F)ccc21. The molecule has 144 valence electrons. The van der Waals surface area contributed by atoms with E-state index in [0.29, 0.717) is 36.2 Å². The van der Waals surface area contributed by atoms with Gasteiger partial charge in [-0.05, 0) is 41.0 Å². The molecular formula is C22H19F3N2O. The third kappa shape index (κ3) is 3.47. The van der Waals surface area contributed by atoms with Crippen molar-refractivity contribution in [1.29, 1.82) is 0 Å². The van der Waals surface area contributed by atoms with Crippen LogP contribution < -0.4 is 0 Å². The van der Waals surface area contributed by atoms with Crippen LogP contribution in [-0.2, 0) is 19.1 Å². The first-order chi connectivity index (χ1) is 13.5. The van der Waals surface area contributed by atoms with Gasteiger partial charge in [-0.1, -0.05) is 42.5 Å². The van der Waals surface area contributed by atoms with Gasteiger partial charge < -0.3 is 9.67 Å². The maximum absolute atomic E-state index is 13.1. The summed E-state index contributed by atoms with van der Waals surface area (Å²) >= 11 is 0. The van der Waals surface area contributed by atoms with E-state index in [1.165, 1.54) is 6.07 Å². The van der Waals surface area contributed by atoms with Crippen molar-refractivity contribution in [3.05, 3.63) is 77.6 Å². The summed E-state index contributed by atoms with van der Waals surface area (Å²) in [6.45, 7) is 0.506. The predicted octanol–water partition coefficient (Wildman–Crippen LogP) is 5.18. The van der Waals surface area contributed by atoms with E-state index in [1.54, 1.807) is 0 Å². The number of imidazole rings is 1. The molecule has 0 aliphatic carbocycles. The molecule has 0 radical (unpaired) electrons. The third-order valence-electron chi connectivity index (χ3n) is 4.92. The van der Waals surface area contributed by atoms with Crippen molar-refractivity contribution in [2.45, 2.75) is 25.6 Å². The number of aliphatic hydroxyl groups excluding tert-OH is 1. The van der Waals surface area contributed by atoms with Gasteiger partial charge >= 0.3 is 6.18 Å². The van der Waals surface area contributed by atoms with Crippen LogP contribution in [0.2, 0.25) is 0 Å². The van der Waals surface area contributed by atoms with Gasteiger partial charge in [-0.25, -0.2) is 4.98 Å². The zero-order valence-corrected chi connectivity index (χ0v) is 15.1. The standard InChI is InChI=1S/C22H19F3N2O/c23-22(24,25)17-9-10-20-19(14-17)26-21(27(20)11-4-12-28)13-16-7-3-6-15-5-1-2-8-18(15)16/h1-3,5-10,14,28H,4,11-13H2. The summed E-state index contributed by atoms with van der Waals surface area (Å²) in [6.07, 6.45) is -3.39. The molecule has 3 nitrogen and oxygen atoms in total. The van der Waals surface area contributed by atoms with Gasteiger partial charge in [-0.2, -0.15) is 13.2 Å². The lowest BCUT2D eigenvalue weighted by Crippen LogP contribution is -2.07. The smallest absolute Gasteiger partial charge is 0.396 e. The second-order valence-electron chi connectivity index (χ2n) is 6.77. The molecule has 0 aliphatic rings. The Kier molecular flexibility index (Phi) is 4.81. The first-order valence-corrected chi connectivity index (χ1v) is 9.11. The van der Waals surface area contributed by atoms with Gasteiger partial charge in [0.15, 0.2) is 0 Å². The molecule has 0 spiro atoms. The molecule has 0 unspecified atom stereocenters. The van der Waals surface area contributed by atoms with Gasteiger partial charge in [0.1, 0.15) is 5.82 Å². The van der Waals surface area contributed by atoms with Gasteiger partial charge in [0.25, 0.3) is 0 Å².